The molecule has 0 aliphatic rings. The number of aryl methyl sites for hydroxylation is 1. The number of sulfonamides is 1. The Morgan fingerprint density at radius 2 is 1.78 bits per heavy atom. The number of rotatable bonds is 13. The predicted octanol–water partition coefficient (Wildman–Crippen LogP) is 3.80. The Morgan fingerprint density at radius 3 is 2.39 bits per heavy atom. The van der Waals surface area contributed by atoms with E-state index in [0.29, 0.717) is 30.8 Å². The molecule has 0 heterocycles. The quantitative estimate of drug-likeness (QED) is 0.436. The molecule has 36 heavy (non-hydrogen) atoms. The van der Waals surface area contributed by atoms with Crippen molar-refractivity contribution in [2.24, 2.45) is 0 Å². The van der Waals surface area contributed by atoms with Crippen molar-refractivity contribution in [3.8, 4) is 5.75 Å². The Balaban J connectivity index is 2.25. The molecular weight excluding hydrogens is 478 g/mol. The van der Waals surface area contributed by atoms with Gasteiger partial charge in [-0.15, -0.1) is 0 Å². The summed E-state index contributed by atoms with van der Waals surface area (Å²) in [4.78, 5) is 27.8. The van der Waals surface area contributed by atoms with Gasteiger partial charge in [0.05, 0.1) is 19.1 Å². The van der Waals surface area contributed by atoms with Crippen molar-refractivity contribution in [3.05, 3.63) is 59.2 Å². The lowest BCUT2D eigenvalue weighted by Crippen LogP contribution is -2.49. The maximum Gasteiger partial charge on any atom is 0.242 e. The zero-order valence-corrected chi connectivity index (χ0v) is 23.0. The number of methoxy groups -OCH3 is 1. The average Bonchev–Trinajstić information content (AvgIpc) is 2.83. The molecule has 0 unspecified atom stereocenters. The maximum atomic E-state index is 13.4. The third kappa shape index (κ3) is 7.71. The van der Waals surface area contributed by atoms with Crippen LogP contribution in [-0.4, -0.2) is 57.6 Å². The molecule has 2 aromatic carbocycles. The van der Waals surface area contributed by atoms with E-state index in [-0.39, 0.29) is 31.3 Å². The Labute approximate surface area is 215 Å². The van der Waals surface area contributed by atoms with Crippen molar-refractivity contribution in [3.63, 3.8) is 0 Å². The zero-order chi connectivity index (χ0) is 26.9. The Morgan fingerprint density at radius 1 is 1.08 bits per heavy atom. The minimum absolute atomic E-state index is 0.108. The molecule has 0 spiro atoms. The summed E-state index contributed by atoms with van der Waals surface area (Å²) < 4.78 is 31.8. The highest BCUT2D eigenvalue weighted by atomic mass is 32.2. The van der Waals surface area contributed by atoms with Gasteiger partial charge in [-0.1, -0.05) is 31.2 Å². The summed E-state index contributed by atoms with van der Waals surface area (Å²) in [6.45, 7) is 8.42. The lowest BCUT2D eigenvalue weighted by atomic mass is 10.1. The van der Waals surface area contributed by atoms with E-state index in [1.807, 2.05) is 64.1 Å². The molecule has 0 aliphatic carbocycles. The van der Waals surface area contributed by atoms with E-state index in [1.54, 1.807) is 18.1 Å². The van der Waals surface area contributed by atoms with E-state index in [9.17, 15) is 18.0 Å². The van der Waals surface area contributed by atoms with Gasteiger partial charge in [0.1, 0.15) is 11.8 Å². The molecule has 1 atom stereocenters. The number of hydrogen-bond acceptors (Lipinski definition) is 5. The van der Waals surface area contributed by atoms with Crippen LogP contribution in [0.2, 0.25) is 0 Å². The van der Waals surface area contributed by atoms with Crippen LogP contribution in [0.15, 0.2) is 42.5 Å². The first-order valence-electron chi connectivity index (χ1n) is 12.3. The molecule has 8 nitrogen and oxygen atoms in total. The van der Waals surface area contributed by atoms with Crippen LogP contribution in [0.25, 0.3) is 0 Å². The van der Waals surface area contributed by atoms with Crippen LogP contribution in [0.4, 0.5) is 5.69 Å². The van der Waals surface area contributed by atoms with Gasteiger partial charge in [0, 0.05) is 26.1 Å². The standard InChI is InChI=1S/C27H39N3O5S/c1-7-24(27(32)28-8-2)29(19-22-13-10-14-23(18-22)35-5)26(31)16-11-17-30(36(6,33)34)25-15-9-12-20(3)21(25)4/h9-10,12-15,18,24H,7-8,11,16-17,19H2,1-6H3,(H,28,32)/t24-/m1/s1. The van der Waals surface area contributed by atoms with Crippen LogP contribution < -0.4 is 14.4 Å². The van der Waals surface area contributed by atoms with Gasteiger partial charge in [0.15, 0.2) is 0 Å². The summed E-state index contributed by atoms with van der Waals surface area (Å²) in [5, 5.41) is 2.82. The van der Waals surface area contributed by atoms with Crippen LogP contribution in [0.3, 0.4) is 0 Å². The third-order valence-electron chi connectivity index (χ3n) is 6.22. The number of carbonyl (C=O) groups excluding carboxylic acids is 2. The number of amides is 2. The molecule has 2 aromatic rings. The molecule has 0 saturated carbocycles. The van der Waals surface area contributed by atoms with E-state index in [4.69, 9.17) is 4.74 Å². The second kappa shape index (κ2) is 13.3. The Hall–Kier alpha value is -3.07. The molecule has 0 saturated heterocycles. The molecule has 1 N–H and O–H groups in total. The zero-order valence-electron chi connectivity index (χ0n) is 22.2. The number of hydrogen-bond donors (Lipinski definition) is 1. The molecule has 0 bridgehead atoms. The van der Waals surface area contributed by atoms with Crippen molar-refractivity contribution < 1.29 is 22.7 Å². The highest BCUT2D eigenvalue weighted by Crippen LogP contribution is 2.26. The van der Waals surface area contributed by atoms with Crippen molar-refractivity contribution in [2.75, 3.05) is 30.8 Å². The fourth-order valence-corrected chi connectivity index (χ4v) is 5.18. The minimum Gasteiger partial charge on any atom is -0.497 e. The van der Waals surface area contributed by atoms with Crippen molar-refractivity contribution in [1.82, 2.24) is 10.2 Å². The second-order valence-corrected chi connectivity index (χ2v) is 10.8. The number of anilines is 1. The summed E-state index contributed by atoms with van der Waals surface area (Å²) in [7, 11) is -1.96. The summed E-state index contributed by atoms with van der Waals surface area (Å²) in [6.07, 6.45) is 2.06. The van der Waals surface area contributed by atoms with Gasteiger partial charge in [-0.25, -0.2) is 8.42 Å². The fraction of sp³-hybridized carbons (Fsp3) is 0.481. The van der Waals surface area contributed by atoms with Crippen molar-refractivity contribution in [1.29, 1.82) is 0 Å². The van der Waals surface area contributed by atoms with Crippen LogP contribution in [-0.2, 0) is 26.2 Å². The van der Waals surface area contributed by atoms with Gasteiger partial charge >= 0.3 is 0 Å². The smallest absolute Gasteiger partial charge is 0.242 e. The lowest BCUT2D eigenvalue weighted by molar-refractivity contribution is -0.141. The SMILES string of the molecule is CCNC(=O)[C@@H](CC)N(Cc1cccc(OC)c1)C(=O)CCCN(c1cccc(C)c1C)S(C)(=O)=O. The highest BCUT2D eigenvalue weighted by Gasteiger charge is 2.29. The Kier molecular flexibility index (Phi) is 10.8. The van der Waals surface area contributed by atoms with Gasteiger partial charge in [0.25, 0.3) is 0 Å². The third-order valence-corrected chi connectivity index (χ3v) is 7.40. The van der Waals surface area contributed by atoms with Gasteiger partial charge in [0.2, 0.25) is 21.8 Å². The van der Waals surface area contributed by atoms with E-state index >= 15 is 0 Å². The molecular formula is C27H39N3O5S. The van der Waals surface area contributed by atoms with Gasteiger partial charge in [-0.3, -0.25) is 13.9 Å². The fourth-order valence-electron chi connectivity index (χ4n) is 4.17. The monoisotopic (exact) mass is 517 g/mol. The van der Waals surface area contributed by atoms with E-state index < -0.39 is 16.1 Å². The number of likely N-dealkylation sites (N-methyl/N-ethyl adjacent to an activating group) is 1. The minimum atomic E-state index is -3.54. The number of benzene rings is 2. The summed E-state index contributed by atoms with van der Waals surface area (Å²) >= 11 is 0. The molecule has 2 amide bonds. The van der Waals surface area contributed by atoms with Crippen LogP contribution in [0.1, 0.15) is 49.8 Å². The van der Waals surface area contributed by atoms with Crippen molar-refractivity contribution >= 4 is 27.5 Å². The molecule has 0 aliphatic heterocycles. The summed E-state index contributed by atoms with van der Waals surface area (Å²) in [6, 6.07) is 12.3. The molecule has 0 fully saturated rings. The van der Waals surface area contributed by atoms with Crippen LogP contribution >= 0.6 is 0 Å². The van der Waals surface area contributed by atoms with E-state index in [2.05, 4.69) is 5.32 Å². The average molecular weight is 518 g/mol. The summed E-state index contributed by atoms with van der Waals surface area (Å²) in [5.74, 6) is 0.262. The normalized spacial score (nSPS) is 12.1. The molecule has 0 radical (unpaired) electrons. The number of nitrogens with zero attached hydrogens (tertiary/aromatic N) is 2. The van der Waals surface area contributed by atoms with Crippen molar-refractivity contribution in [2.45, 2.75) is 59.5 Å². The van der Waals surface area contributed by atoms with Gasteiger partial charge < -0.3 is 15.0 Å². The largest absolute Gasteiger partial charge is 0.497 e. The first kappa shape index (κ1) is 29.2. The number of nitrogens with one attached hydrogen (secondary N) is 1. The van der Waals surface area contributed by atoms with E-state index in [1.165, 1.54) is 10.6 Å². The maximum absolute atomic E-state index is 13.4. The van der Waals surface area contributed by atoms with Gasteiger partial charge in [-0.2, -0.15) is 0 Å². The predicted molar refractivity (Wildman–Crippen MR) is 144 cm³/mol. The first-order valence-corrected chi connectivity index (χ1v) is 14.1. The molecule has 2 rings (SSSR count). The van der Waals surface area contributed by atoms with Crippen LogP contribution in [0, 0.1) is 13.8 Å². The number of carbonyl (C=O) groups is 2. The lowest BCUT2D eigenvalue weighted by Gasteiger charge is -2.31. The topological polar surface area (TPSA) is 96.0 Å². The highest BCUT2D eigenvalue weighted by molar-refractivity contribution is 7.92. The molecule has 9 heteroatoms. The van der Waals surface area contributed by atoms with Crippen LogP contribution in [0.5, 0.6) is 5.75 Å². The van der Waals surface area contributed by atoms with Gasteiger partial charge in [-0.05, 0) is 68.5 Å². The molecule has 0 aromatic heterocycles. The first-order chi connectivity index (χ1) is 17.0. The second-order valence-electron chi connectivity index (χ2n) is 8.85. The summed E-state index contributed by atoms with van der Waals surface area (Å²) in [5.41, 5.74) is 3.34. The molecule has 198 valence electrons. The number of ether oxygens (including phenoxy) is 1. The van der Waals surface area contributed by atoms with E-state index in [0.717, 1.165) is 16.7 Å². The Bertz CT molecular complexity index is 1150.